The van der Waals surface area contributed by atoms with Gasteiger partial charge in [-0.05, 0) is 42.3 Å². The second kappa shape index (κ2) is 7.56. The Labute approximate surface area is 166 Å². The van der Waals surface area contributed by atoms with Crippen LogP contribution in [0, 0.1) is 11.3 Å². The first-order valence-electron chi connectivity index (χ1n) is 8.92. The van der Waals surface area contributed by atoms with Crippen molar-refractivity contribution in [2.75, 3.05) is 42.7 Å². The maximum atomic E-state index is 11.7. The van der Waals surface area contributed by atoms with Crippen molar-refractivity contribution in [3.05, 3.63) is 53.6 Å². The molecule has 2 aromatic carbocycles. The summed E-state index contributed by atoms with van der Waals surface area (Å²) in [6.45, 7) is 3.10. The molecule has 2 aromatic rings. The molecule has 0 bridgehead atoms. The first-order chi connectivity index (χ1) is 13.3. The molecular formula is C21H23N3O3S. The van der Waals surface area contributed by atoms with Crippen LogP contribution < -0.4 is 13.9 Å². The third kappa shape index (κ3) is 3.69. The molecule has 0 aromatic heterocycles. The van der Waals surface area contributed by atoms with Crippen molar-refractivity contribution in [3.63, 3.8) is 0 Å². The highest BCUT2D eigenvalue weighted by Gasteiger charge is 2.24. The summed E-state index contributed by atoms with van der Waals surface area (Å²) in [6.07, 6.45) is 1.17. The number of allylic oxidation sites excluding steroid dienone is 1. The van der Waals surface area contributed by atoms with Crippen molar-refractivity contribution >= 4 is 32.5 Å². The van der Waals surface area contributed by atoms with E-state index in [1.807, 2.05) is 44.3 Å². The Balaban J connectivity index is 2.05. The topological polar surface area (TPSA) is 73.6 Å². The normalized spacial score (nSPS) is 13.8. The SMILES string of the molecule is CCOc1ccc2c(c1)N(C)CC(c1ccc(N(C)S(C)(=O)=O)cc1)=C2C#N. The molecule has 0 aliphatic carbocycles. The van der Waals surface area contributed by atoms with Crippen LogP contribution in [0.25, 0.3) is 11.1 Å². The van der Waals surface area contributed by atoms with Crippen molar-refractivity contribution < 1.29 is 13.2 Å². The van der Waals surface area contributed by atoms with Crippen molar-refractivity contribution in [3.8, 4) is 11.8 Å². The molecule has 0 N–H and O–H groups in total. The van der Waals surface area contributed by atoms with Gasteiger partial charge in [0.15, 0.2) is 0 Å². The second-order valence-electron chi connectivity index (χ2n) is 6.71. The van der Waals surface area contributed by atoms with Gasteiger partial charge in [-0.25, -0.2) is 8.42 Å². The molecule has 1 heterocycles. The molecule has 7 heteroatoms. The predicted molar refractivity (Wildman–Crippen MR) is 113 cm³/mol. The standard InChI is InChI=1S/C21H23N3O3S/c1-5-27-17-10-11-18-19(13-22)20(14-23(2)21(18)12-17)15-6-8-16(9-7-15)24(3)28(4,25)26/h6-12H,5,14H2,1-4H3. The van der Waals surface area contributed by atoms with Crippen LogP contribution >= 0.6 is 0 Å². The third-order valence-corrected chi connectivity index (χ3v) is 6.05. The van der Waals surface area contributed by atoms with Crippen molar-refractivity contribution in [1.82, 2.24) is 0 Å². The van der Waals surface area contributed by atoms with Gasteiger partial charge in [0.2, 0.25) is 10.0 Å². The summed E-state index contributed by atoms with van der Waals surface area (Å²) >= 11 is 0. The summed E-state index contributed by atoms with van der Waals surface area (Å²) in [5.41, 5.74) is 4.84. The average molecular weight is 398 g/mol. The molecule has 0 spiro atoms. The lowest BCUT2D eigenvalue weighted by Gasteiger charge is -2.30. The van der Waals surface area contributed by atoms with E-state index in [4.69, 9.17) is 4.74 Å². The van der Waals surface area contributed by atoms with E-state index in [0.717, 1.165) is 28.1 Å². The number of sulfonamides is 1. The Kier molecular flexibility index (Phi) is 5.34. The maximum Gasteiger partial charge on any atom is 0.231 e. The zero-order chi connectivity index (χ0) is 20.5. The summed E-state index contributed by atoms with van der Waals surface area (Å²) in [5.74, 6) is 0.780. The highest BCUT2D eigenvalue weighted by atomic mass is 32.2. The largest absolute Gasteiger partial charge is 0.494 e. The van der Waals surface area contributed by atoms with Crippen LogP contribution in [-0.4, -0.2) is 41.9 Å². The van der Waals surface area contributed by atoms with E-state index in [0.29, 0.717) is 24.4 Å². The van der Waals surface area contributed by atoms with Gasteiger partial charge in [0.25, 0.3) is 0 Å². The number of nitrogens with zero attached hydrogens (tertiary/aromatic N) is 3. The lowest BCUT2D eigenvalue weighted by atomic mass is 9.90. The molecule has 1 aliphatic heterocycles. The predicted octanol–water partition coefficient (Wildman–Crippen LogP) is 3.37. The van der Waals surface area contributed by atoms with E-state index in [1.54, 1.807) is 12.1 Å². The van der Waals surface area contributed by atoms with Gasteiger partial charge in [-0.2, -0.15) is 5.26 Å². The zero-order valence-corrected chi connectivity index (χ0v) is 17.2. The van der Waals surface area contributed by atoms with Gasteiger partial charge in [-0.3, -0.25) is 4.31 Å². The smallest absolute Gasteiger partial charge is 0.231 e. The first kappa shape index (κ1) is 19.8. The molecule has 0 unspecified atom stereocenters. The monoisotopic (exact) mass is 397 g/mol. The minimum Gasteiger partial charge on any atom is -0.494 e. The lowest BCUT2D eigenvalue weighted by molar-refractivity contribution is 0.340. The Morgan fingerprint density at radius 2 is 1.89 bits per heavy atom. The number of fused-ring (bicyclic) bond motifs is 1. The van der Waals surface area contributed by atoms with Crippen molar-refractivity contribution in [1.29, 1.82) is 5.26 Å². The molecule has 146 valence electrons. The van der Waals surface area contributed by atoms with Crippen LogP contribution in [0.4, 0.5) is 11.4 Å². The fourth-order valence-electron chi connectivity index (χ4n) is 3.29. The molecule has 0 saturated heterocycles. The Hall–Kier alpha value is -2.98. The molecule has 0 radical (unpaired) electrons. The summed E-state index contributed by atoms with van der Waals surface area (Å²) in [4.78, 5) is 2.09. The molecule has 0 atom stereocenters. The van der Waals surface area contributed by atoms with Gasteiger partial charge in [-0.15, -0.1) is 0 Å². The van der Waals surface area contributed by atoms with E-state index in [-0.39, 0.29) is 0 Å². The van der Waals surface area contributed by atoms with Crippen LogP contribution in [0.15, 0.2) is 42.5 Å². The average Bonchev–Trinajstić information content (AvgIpc) is 2.67. The maximum absolute atomic E-state index is 11.7. The van der Waals surface area contributed by atoms with Crippen LogP contribution in [0.3, 0.4) is 0 Å². The summed E-state index contributed by atoms with van der Waals surface area (Å²) in [5, 5.41) is 9.83. The number of likely N-dealkylation sites (N-methyl/N-ethyl adjacent to an activating group) is 1. The molecular weight excluding hydrogens is 374 g/mol. The zero-order valence-electron chi connectivity index (χ0n) is 16.4. The lowest BCUT2D eigenvalue weighted by Crippen LogP contribution is -2.26. The number of rotatable bonds is 5. The molecule has 3 rings (SSSR count). The fourth-order valence-corrected chi connectivity index (χ4v) is 3.79. The highest BCUT2D eigenvalue weighted by molar-refractivity contribution is 7.92. The number of ether oxygens (including phenoxy) is 1. The van der Waals surface area contributed by atoms with Gasteiger partial charge in [0.1, 0.15) is 11.8 Å². The van der Waals surface area contributed by atoms with Gasteiger partial charge in [0.05, 0.1) is 24.1 Å². The number of hydrogen-bond donors (Lipinski definition) is 0. The molecule has 0 amide bonds. The molecule has 28 heavy (non-hydrogen) atoms. The third-order valence-electron chi connectivity index (χ3n) is 4.85. The van der Waals surface area contributed by atoms with Gasteiger partial charge < -0.3 is 9.64 Å². The number of benzene rings is 2. The van der Waals surface area contributed by atoms with Gasteiger partial charge >= 0.3 is 0 Å². The quantitative estimate of drug-likeness (QED) is 0.773. The van der Waals surface area contributed by atoms with Crippen LogP contribution in [0.1, 0.15) is 18.1 Å². The molecule has 0 fully saturated rings. The van der Waals surface area contributed by atoms with Gasteiger partial charge in [-0.1, -0.05) is 12.1 Å². The Bertz CT molecular complexity index is 1070. The van der Waals surface area contributed by atoms with Crippen LogP contribution in [0.2, 0.25) is 0 Å². The van der Waals surface area contributed by atoms with E-state index >= 15 is 0 Å². The second-order valence-corrected chi connectivity index (χ2v) is 8.72. The van der Waals surface area contributed by atoms with Crippen molar-refractivity contribution in [2.24, 2.45) is 0 Å². The molecule has 0 saturated carbocycles. The minimum atomic E-state index is -3.32. The fraction of sp³-hybridized carbons (Fsp3) is 0.286. The summed E-state index contributed by atoms with van der Waals surface area (Å²) in [6, 6.07) is 15.3. The molecule has 6 nitrogen and oxygen atoms in total. The van der Waals surface area contributed by atoms with E-state index in [9.17, 15) is 13.7 Å². The van der Waals surface area contributed by atoms with Crippen LogP contribution in [0.5, 0.6) is 5.75 Å². The number of nitriles is 1. The number of hydrogen-bond acceptors (Lipinski definition) is 5. The Morgan fingerprint density at radius 1 is 1.21 bits per heavy atom. The van der Waals surface area contributed by atoms with E-state index < -0.39 is 10.0 Å². The van der Waals surface area contributed by atoms with Crippen molar-refractivity contribution in [2.45, 2.75) is 6.92 Å². The first-order valence-corrected chi connectivity index (χ1v) is 10.8. The van der Waals surface area contributed by atoms with Crippen LogP contribution in [-0.2, 0) is 10.0 Å². The minimum absolute atomic E-state index is 0.576. The van der Waals surface area contributed by atoms with E-state index in [1.165, 1.54) is 17.6 Å². The van der Waals surface area contributed by atoms with Gasteiger partial charge in [0, 0.05) is 38.0 Å². The highest BCUT2D eigenvalue weighted by Crippen LogP contribution is 2.39. The number of anilines is 2. The Morgan fingerprint density at radius 3 is 2.46 bits per heavy atom. The molecule has 1 aliphatic rings. The summed E-state index contributed by atoms with van der Waals surface area (Å²) < 4.78 is 30.3. The van der Waals surface area contributed by atoms with E-state index in [2.05, 4.69) is 11.0 Å². The summed E-state index contributed by atoms with van der Waals surface area (Å²) in [7, 11) is 0.182.